The Kier molecular flexibility index (Phi) is 8.62. The predicted molar refractivity (Wildman–Crippen MR) is 126 cm³/mol. The van der Waals surface area contributed by atoms with Crippen molar-refractivity contribution in [1.82, 2.24) is 4.90 Å². The van der Waals surface area contributed by atoms with Crippen molar-refractivity contribution in [3.63, 3.8) is 0 Å². The molecule has 0 aromatic carbocycles. The van der Waals surface area contributed by atoms with Crippen LogP contribution in [0.15, 0.2) is 0 Å². The van der Waals surface area contributed by atoms with E-state index in [1.165, 1.54) is 0 Å². The average molecular weight is 442 g/mol. The van der Waals surface area contributed by atoms with E-state index in [1.807, 2.05) is 7.11 Å². The van der Waals surface area contributed by atoms with Crippen molar-refractivity contribution in [2.24, 2.45) is 5.41 Å². The van der Waals surface area contributed by atoms with Crippen LogP contribution in [-0.2, 0) is 19.0 Å². The standard InChI is InChI=1S/C24H47NO4Si/c1-10-24(11-2,27-6)19-13-12-14-25(19)18-17-20(26)29-22(23(3,4)5)21(18)28-15-16-30(7,8)9/h18-19,21-22H,10-17H2,1-9H3/t18?,19-,21+,22-/m0/s1. The molecule has 2 aliphatic heterocycles. The summed E-state index contributed by atoms with van der Waals surface area (Å²) in [6.45, 7) is 19.8. The van der Waals surface area contributed by atoms with Gasteiger partial charge >= 0.3 is 5.97 Å². The second kappa shape index (κ2) is 10.0. The topological polar surface area (TPSA) is 48.0 Å². The molecule has 0 radical (unpaired) electrons. The van der Waals surface area contributed by atoms with Gasteiger partial charge in [-0.2, -0.15) is 0 Å². The molecular formula is C24H47NO4Si. The van der Waals surface area contributed by atoms with Gasteiger partial charge < -0.3 is 14.2 Å². The fourth-order valence-corrected chi connectivity index (χ4v) is 6.05. The summed E-state index contributed by atoms with van der Waals surface area (Å²) >= 11 is 0. The molecule has 0 aliphatic carbocycles. The highest BCUT2D eigenvalue weighted by molar-refractivity contribution is 6.76. The maximum absolute atomic E-state index is 12.7. The summed E-state index contributed by atoms with van der Waals surface area (Å²) in [5.74, 6) is -0.0911. The van der Waals surface area contributed by atoms with Crippen LogP contribution < -0.4 is 0 Å². The van der Waals surface area contributed by atoms with Gasteiger partial charge in [-0.3, -0.25) is 9.69 Å². The van der Waals surface area contributed by atoms with Crippen LogP contribution in [0.25, 0.3) is 0 Å². The van der Waals surface area contributed by atoms with E-state index in [0.717, 1.165) is 44.9 Å². The Labute approximate surface area is 186 Å². The third kappa shape index (κ3) is 5.87. The van der Waals surface area contributed by atoms with Gasteiger partial charge in [-0.1, -0.05) is 54.3 Å². The molecular weight excluding hydrogens is 394 g/mol. The van der Waals surface area contributed by atoms with Gasteiger partial charge in [-0.25, -0.2) is 0 Å². The highest BCUT2D eigenvalue weighted by atomic mass is 28.3. The molecule has 0 aromatic heterocycles. The molecule has 0 amide bonds. The maximum Gasteiger partial charge on any atom is 0.307 e. The largest absolute Gasteiger partial charge is 0.459 e. The number of carbonyl (C=O) groups excluding carboxylic acids is 1. The summed E-state index contributed by atoms with van der Waals surface area (Å²) < 4.78 is 18.7. The fraction of sp³-hybridized carbons (Fsp3) is 0.958. The number of likely N-dealkylation sites (tertiary alicyclic amines) is 1. The Morgan fingerprint density at radius 3 is 2.30 bits per heavy atom. The second-order valence-corrected chi connectivity index (χ2v) is 17.2. The average Bonchev–Trinajstić information content (AvgIpc) is 3.13. The molecule has 30 heavy (non-hydrogen) atoms. The van der Waals surface area contributed by atoms with Gasteiger partial charge in [-0.15, -0.1) is 0 Å². The van der Waals surface area contributed by atoms with E-state index in [1.54, 1.807) is 0 Å². The molecule has 5 nitrogen and oxygen atoms in total. The van der Waals surface area contributed by atoms with E-state index in [-0.39, 0.29) is 35.2 Å². The quantitative estimate of drug-likeness (QED) is 0.367. The molecule has 0 spiro atoms. The van der Waals surface area contributed by atoms with Gasteiger partial charge in [0.05, 0.1) is 18.1 Å². The molecule has 1 unspecified atom stereocenters. The lowest BCUT2D eigenvalue weighted by molar-refractivity contribution is -0.199. The van der Waals surface area contributed by atoms with E-state index in [2.05, 4.69) is 59.2 Å². The Bertz CT molecular complexity index is 556. The molecule has 0 N–H and O–H groups in total. The number of hydrogen-bond acceptors (Lipinski definition) is 5. The Morgan fingerprint density at radius 1 is 1.17 bits per heavy atom. The number of esters is 1. The summed E-state index contributed by atoms with van der Waals surface area (Å²) in [6.07, 6.45) is 4.29. The van der Waals surface area contributed by atoms with Crippen molar-refractivity contribution in [2.45, 2.75) is 122 Å². The van der Waals surface area contributed by atoms with E-state index in [4.69, 9.17) is 14.2 Å². The number of rotatable bonds is 9. The Balaban J connectivity index is 2.35. The van der Waals surface area contributed by atoms with Crippen LogP contribution in [0, 0.1) is 5.41 Å². The van der Waals surface area contributed by atoms with Crippen LogP contribution in [0.2, 0.25) is 25.7 Å². The maximum atomic E-state index is 12.7. The number of hydrogen-bond donors (Lipinski definition) is 0. The summed E-state index contributed by atoms with van der Waals surface area (Å²) in [7, 11) is 0.642. The number of cyclic esters (lactones) is 1. The van der Waals surface area contributed by atoms with Crippen LogP contribution >= 0.6 is 0 Å². The zero-order valence-corrected chi connectivity index (χ0v) is 22.0. The van der Waals surface area contributed by atoms with Gasteiger partial charge in [0.15, 0.2) is 0 Å². The van der Waals surface area contributed by atoms with Gasteiger partial charge in [0, 0.05) is 33.2 Å². The number of nitrogens with zero attached hydrogens (tertiary/aromatic N) is 1. The van der Waals surface area contributed by atoms with Crippen molar-refractivity contribution in [3.8, 4) is 0 Å². The van der Waals surface area contributed by atoms with Crippen LogP contribution in [0.5, 0.6) is 0 Å². The number of methoxy groups -OCH3 is 1. The Morgan fingerprint density at radius 2 is 1.80 bits per heavy atom. The minimum absolute atomic E-state index is 0.0530. The predicted octanol–water partition coefficient (Wildman–Crippen LogP) is 5.11. The highest BCUT2D eigenvalue weighted by Crippen LogP contribution is 2.41. The molecule has 2 heterocycles. The highest BCUT2D eigenvalue weighted by Gasteiger charge is 2.52. The normalized spacial score (nSPS) is 29.3. The van der Waals surface area contributed by atoms with Gasteiger partial charge in [0.2, 0.25) is 0 Å². The molecule has 176 valence electrons. The zero-order chi connectivity index (χ0) is 22.7. The molecule has 0 aromatic rings. The summed E-state index contributed by atoms with van der Waals surface area (Å²) in [5.41, 5.74) is -0.334. The van der Waals surface area contributed by atoms with Crippen molar-refractivity contribution in [1.29, 1.82) is 0 Å². The third-order valence-electron chi connectivity index (χ3n) is 7.26. The van der Waals surface area contributed by atoms with Crippen molar-refractivity contribution >= 4 is 14.0 Å². The molecule has 2 rings (SSSR count). The SMILES string of the molecule is CCC(CC)(OC)[C@@H]1CCCN1C1CC(=O)O[C@H](C(C)(C)C)[C@@H]1OCC[Si](C)(C)C. The Hall–Kier alpha value is -0.433. The number of ether oxygens (including phenoxy) is 3. The van der Waals surface area contributed by atoms with Gasteiger partial charge in [0.25, 0.3) is 0 Å². The first-order valence-electron chi connectivity index (χ1n) is 12.0. The van der Waals surface area contributed by atoms with Gasteiger partial charge in [-0.05, 0) is 38.3 Å². The molecule has 2 fully saturated rings. The smallest absolute Gasteiger partial charge is 0.307 e. The summed E-state index contributed by atoms with van der Waals surface area (Å²) in [5, 5.41) is 0. The molecule has 2 saturated heterocycles. The van der Waals surface area contributed by atoms with Crippen LogP contribution in [-0.4, -0.2) is 69.1 Å². The molecule has 0 saturated carbocycles. The van der Waals surface area contributed by atoms with E-state index in [9.17, 15) is 4.79 Å². The van der Waals surface area contributed by atoms with E-state index < -0.39 is 8.07 Å². The fourth-order valence-electron chi connectivity index (χ4n) is 5.32. The lowest BCUT2D eigenvalue weighted by Crippen LogP contribution is -2.63. The van der Waals surface area contributed by atoms with Crippen molar-refractivity contribution < 1.29 is 19.0 Å². The van der Waals surface area contributed by atoms with E-state index >= 15 is 0 Å². The lowest BCUT2D eigenvalue weighted by atomic mass is 9.79. The zero-order valence-electron chi connectivity index (χ0n) is 21.0. The third-order valence-corrected chi connectivity index (χ3v) is 8.96. The minimum Gasteiger partial charge on any atom is -0.459 e. The first kappa shape index (κ1) is 25.8. The minimum atomic E-state index is -1.20. The van der Waals surface area contributed by atoms with Crippen LogP contribution in [0.1, 0.15) is 66.7 Å². The first-order chi connectivity index (χ1) is 13.9. The monoisotopic (exact) mass is 441 g/mol. The molecule has 4 atom stereocenters. The summed E-state index contributed by atoms with van der Waals surface area (Å²) in [4.78, 5) is 15.3. The first-order valence-corrected chi connectivity index (χ1v) is 15.7. The van der Waals surface area contributed by atoms with Gasteiger partial charge in [0.1, 0.15) is 12.2 Å². The van der Waals surface area contributed by atoms with Crippen molar-refractivity contribution in [2.75, 3.05) is 20.3 Å². The molecule has 0 bridgehead atoms. The van der Waals surface area contributed by atoms with Crippen LogP contribution in [0.3, 0.4) is 0 Å². The van der Waals surface area contributed by atoms with Crippen molar-refractivity contribution in [3.05, 3.63) is 0 Å². The van der Waals surface area contributed by atoms with Crippen LogP contribution in [0.4, 0.5) is 0 Å². The molecule has 2 aliphatic rings. The lowest BCUT2D eigenvalue weighted by Gasteiger charge is -2.50. The van der Waals surface area contributed by atoms with E-state index in [0.29, 0.717) is 12.5 Å². The molecule has 6 heteroatoms. The number of carbonyl (C=O) groups is 1. The summed E-state index contributed by atoms with van der Waals surface area (Å²) in [6, 6.07) is 1.49. The second-order valence-electron chi connectivity index (χ2n) is 11.6.